The first-order valence-corrected chi connectivity index (χ1v) is 8.83. The largest absolute Gasteiger partial charge is 0.451 e. The maximum absolute atomic E-state index is 12.2. The number of fused-ring (bicyclic) bond motifs is 1. The molecule has 0 fully saturated rings. The van der Waals surface area contributed by atoms with Crippen molar-refractivity contribution in [2.75, 3.05) is 13.7 Å². The molecule has 0 N–H and O–H groups in total. The Balaban J connectivity index is 1.57. The highest BCUT2D eigenvalue weighted by atomic mass is 79.9. The smallest absolute Gasteiger partial charge is 0.357 e. The van der Waals surface area contributed by atoms with Crippen LogP contribution < -0.4 is 0 Å². The molecule has 0 radical (unpaired) electrons. The number of amides is 1. The number of carbonyl (C=O) groups excluding carboxylic acids is 2. The highest BCUT2D eigenvalue weighted by Crippen LogP contribution is 2.13. The SMILES string of the molecule is CN(Cc1ccc(Br)cc1)C(=O)COC(=O)c1ccc2ccccc2n1. The Hall–Kier alpha value is -2.73. The van der Waals surface area contributed by atoms with Crippen LogP contribution in [0.1, 0.15) is 16.1 Å². The monoisotopic (exact) mass is 412 g/mol. The molecule has 132 valence electrons. The highest BCUT2D eigenvalue weighted by molar-refractivity contribution is 9.10. The third kappa shape index (κ3) is 4.46. The quantitative estimate of drug-likeness (QED) is 0.597. The third-order valence-corrected chi connectivity index (χ3v) is 4.42. The van der Waals surface area contributed by atoms with E-state index in [1.807, 2.05) is 48.5 Å². The average Bonchev–Trinajstić information content (AvgIpc) is 2.67. The van der Waals surface area contributed by atoms with Gasteiger partial charge in [0.15, 0.2) is 6.61 Å². The molecule has 2 aromatic carbocycles. The molecule has 1 amide bonds. The van der Waals surface area contributed by atoms with E-state index < -0.39 is 5.97 Å². The molecular weight excluding hydrogens is 396 g/mol. The molecule has 0 saturated heterocycles. The minimum atomic E-state index is -0.610. The third-order valence-electron chi connectivity index (χ3n) is 3.89. The predicted molar refractivity (Wildman–Crippen MR) is 103 cm³/mol. The Morgan fingerprint density at radius 3 is 2.54 bits per heavy atom. The topological polar surface area (TPSA) is 59.5 Å². The number of aromatic nitrogens is 1. The van der Waals surface area contributed by atoms with E-state index in [0.29, 0.717) is 12.1 Å². The Labute approximate surface area is 159 Å². The van der Waals surface area contributed by atoms with Crippen LogP contribution in [0.2, 0.25) is 0 Å². The number of nitrogens with zero attached hydrogens (tertiary/aromatic N) is 2. The van der Waals surface area contributed by atoms with Gasteiger partial charge in [-0.2, -0.15) is 0 Å². The van der Waals surface area contributed by atoms with Crippen LogP contribution in [0.25, 0.3) is 10.9 Å². The van der Waals surface area contributed by atoms with Crippen molar-refractivity contribution in [3.8, 4) is 0 Å². The molecule has 0 aliphatic rings. The summed E-state index contributed by atoms with van der Waals surface area (Å²) >= 11 is 3.37. The van der Waals surface area contributed by atoms with Gasteiger partial charge < -0.3 is 9.64 Å². The molecule has 26 heavy (non-hydrogen) atoms. The van der Waals surface area contributed by atoms with Gasteiger partial charge in [0, 0.05) is 23.5 Å². The number of esters is 1. The summed E-state index contributed by atoms with van der Waals surface area (Å²) in [5.41, 5.74) is 1.89. The van der Waals surface area contributed by atoms with E-state index in [4.69, 9.17) is 4.74 Å². The second-order valence-electron chi connectivity index (χ2n) is 5.84. The fourth-order valence-corrected chi connectivity index (χ4v) is 2.71. The molecule has 0 spiro atoms. The van der Waals surface area contributed by atoms with Crippen LogP contribution in [0.4, 0.5) is 0 Å². The molecule has 0 aliphatic heterocycles. The molecule has 0 unspecified atom stereocenters. The van der Waals surface area contributed by atoms with Crippen LogP contribution in [0, 0.1) is 0 Å². The maximum atomic E-state index is 12.2. The van der Waals surface area contributed by atoms with Crippen molar-refractivity contribution >= 4 is 38.7 Å². The predicted octanol–water partition coefficient (Wildman–Crippen LogP) is 3.81. The molecule has 1 heterocycles. The lowest BCUT2D eigenvalue weighted by Gasteiger charge is -2.17. The number of rotatable bonds is 5. The molecule has 0 aliphatic carbocycles. The van der Waals surface area contributed by atoms with Crippen molar-refractivity contribution < 1.29 is 14.3 Å². The number of hydrogen-bond acceptors (Lipinski definition) is 4. The van der Waals surface area contributed by atoms with Gasteiger partial charge in [0.1, 0.15) is 5.69 Å². The van der Waals surface area contributed by atoms with Gasteiger partial charge in [-0.25, -0.2) is 9.78 Å². The normalized spacial score (nSPS) is 10.5. The van der Waals surface area contributed by atoms with Crippen LogP contribution in [0.5, 0.6) is 0 Å². The number of carbonyl (C=O) groups is 2. The molecule has 3 aromatic rings. The number of pyridine rings is 1. The molecule has 0 atom stereocenters. The molecule has 0 saturated carbocycles. The van der Waals surface area contributed by atoms with Crippen LogP contribution in [0.3, 0.4) is 0 Å². The zero-order chi connectivity index (χ0) is 18.5. The van der Waals surface area contributed by atoms with E-state index >= 15 is 0 Å². The van der Waals surface area contributed by atoms with Crippen molar-refractivity contribution in [1.82, 2.24) is 9.88 Å². The fraction of sp³-hybridized carbons (Fsp3) is 0.150. The van der Waals surface area contributed by atoms with Gasteiger partial charge in [-0.05, 0) is 29.8 Å². The van der Waals surface area contributed by atoms with Gasteiger partial charge in [-0.1, -0.05) is 52.3 Å². The van der Waals surface area contributed by atoms with Gasteiger partial charge in [0.05, 0.1) is 5.52 Å². The summed E-state index contributed by atoms with van der Waals surface area (Å²) in [7, 11) is 1.67. The lowest BCUT2D eigenvalue weighted by Crippen LogP contribution is -2.30. The lowest BCUT2D eigenvalue weighted by atomic mass is 10.2. The van der Waals surface area contributed by atoms with Crippen molar-refractivity contribution in [3.63, 3.8) is 0 Å². The Morgan fingerprint density at radius 2 is 1.77 bits per heavy atom. The number of halogens is 1. The fourth-order valence-electron chi connectivity index (χ4n) is 2.44. The van der Waals surface area contributed by atoms with Crippen molar-refractivity contribution in [1.29, 1.82) is 0 Å². The summed E-state index contributed by atoms with van der Waals surface area (Å²) in [5.74, 6) is -0.886. The van der Waals surface area contributed by atoms with Gasteiger partial charge in [0.25, 0.3) is 5.91 Å². The number of likely N-dealkylation sites (N-methyl/N-ethyl adjacent to an activating group) is 1. The average molecular weight is 413 g/mol. The molecule has 0 bridgehead atoms. The summed E-state index contributed by atoms with van der Waals surface area (Å²) in [6.45, 7) is 0.123. The lowest BCUT2D eigenvalue weighted by molar-refractivity contribution is -0.133. The summed E-state index contributed by atoms with van der Waals surface area (Å²) in [4.78, 5) is 30.1. The van der Waals surface area contributed by atoms with Crippen molar-refractivity contribution in [3.05, 3.63) is 76.4 Å². The molecule has 5 nitrogen and oxygen atoms in total. The first-order valence-electron chi connectivity index (χ1n) is 8.04. The van der Waals surface area contributed by atoms with E-state index in [1.54, 1.807) is 19.2 Å². The minimum absolute atomic E-state index is 0.187. The molecular formula is C20H17BrN2O3. The second-order valence-corrected chi connectivity index (χ2v) is 6.76. The number of para-hydroxylation sites is 1. The molecule has 3 rings (SSSR count). The zero-order valence-electron chi connectivity index (χ0n) is 14.2. The van der Waals surface area contributed by atoms with E-state index in [2.05, 4.69) is 20.9 Å². The van der Waals surface area contributed by atoms with Gasteiger partial charge >= 0.3 is 5.97 Å². The summed E-state index contributed by atoms with van der Waals surface area (Å²) in [5, 5.41) is 0.939. The standard InChI is InChI=1S/C20H17BrN2O3/c1-23(12-14-6-9-16(21)10-7-14)19(24)13-26-20(25)18-11-8-15-4-2-3-5-17(15)22-18/h2-11H,12-13H2,1H3. The van der Waals surface area contributed by atoms with Crippen LogP contribution >= 0.6 is 15.9 Å². The van der Waals surface area contributed by atoms with E-state index in [9.17, 15) is 9.59 Å². The first-order chi connectivity index (χ1) is 12.5. The summed E-state index contributed by atoms with van der Waals surface area (Å²) in [6, 6.07) is 18.6. The van der Waals surface area contributed by atoms with Crippen molar-refractivity contribution in [2.24, 2.45) is 0 Å². The molecule has 6 heteroatoms. The van der Waals surface area contributed by atoms with E-state index in [-0.39, 0.29) is 18.2 Å². The van der Waals surface area contributed by atoms with Crippen LogP contribution in [-0.4, -0.2) is 35.4 Å². The maximum Gasteiger partial charge on any atom is 0.357 e. The summed E-state index contributed by atoms with van der Waals surface area (Å²) < 4.78 is 6.10. The van der Waals surface area contributed by atoms with E-state index in [0.717, 1.165) is 15.4 Å². The van der Waals surface area contributed by atoms with Crippen LogP contribution in [0.15, 0.2) is 65.1 Å². The zero-order valence-corrected chi connectivity index (χ0v) is 15.8. The van der Waals surface area contributed by atoms with Gasteiger partial charge in [-0.3, -0.25) is 4.79 Å². The van der Waals surface area contributed by atoms with Crippen molar-refractivity contribution in [2.45, 2.75) is 6.54 Å². The number of hydrogen-bond donors (Lipinski definition) is 0. The highest BCUT2D eigenvalue weighted by Gasteiger charge is 2.15. The Morgan fingerprint density at radius 1 is 1.04 bits per heavy atom. The Bertz CT molecular complexity index is 941. The number of benzene rings is 2. The first kappa shape index (κ1) is 18.1. The number of ether oxygens (including phenoxy) is 1. The second kappa shape index (κ2) is 8.10. The minimum Gasteiger partial charge on any atom is -0.451 e. The Kier molecular flexibility index (Phi) is 5.63. The summed E-state index contributed by atoms with van der Waals surface area (Å²) in [6.07, 6.45) is 0. The van der Waals surface area contributed by atoms with Gasteiger partial charge in [0.2, 0.25) is 0 Å². The van der Waals surface area contributed by atoms with E-state index in [1.165, 1.54) is 4.90 Å². The van der Waals surface area contributed by atoms with Gasteiger partial charge in [-0.15, -0.1) is 0 Å². The van der Waals surface area contributed by atoms with Crippen LogP contribution in [-0.2, 0) is 16.1 Å². The molecule has 1 aromatic heterocycles.